The van der Waals surface area contributed by atoms with Crippen LogP contribution in [0.2, 0.25) is 0 Å². The van der Waals surface area contributed by atoms with Crippen molar-refractivity contribution in [2.45, 2.75) is 32.4 Å². The van der Waals surface area contributed by atoms with Crippen LogP contribution in [0.5, 0.6) is 0 Å². The predicted molar refractivity (Wildman–Crippen MR) is 111 cm³/mol. The van der Waals surface area contributed by atoms with Crippen LogP contribution in [0.1, 0.15) is 30.1 Å². The van der Waals surface area contributed by atoms with E-state index < -0.39 is 0 Å². The summed E-state index contributed by atoms with van der Waals surface area (Å²) >= 11 is 0. The smallest absolute Gasteiger partial charge is 0.248 e. The standard InChI is InChI=1S/C23H26N4O2/c1-18-13-25-23(20-9-5-11-24-14-20)27(18)21-10-6-12-26(15-21)22(28)17-29-16-19-7-3-2-4-8-19/h2-5,7-9,11,13-14,21H,6,10,12,15-17H2,1H3. The highest BCUT2D eigenvalue weighted by molar-refractivity contribution is 5.77. The summed E-state index contributed by atoms with van der Waals surface area (Å²) in [4.78, 5) is 23.5. The van der Waals surface area contributed by atoms with E-state index in [1.807, 2.05) is 59.8 Å². The number of benzene rings is 1. The third-order valence-corrected chi connectivity index (χ3v) is 5.35. The van der Waals surface area contributed by atoms with Gasteiger partial charge in [-0.15, -0.1) is 0 Å². The van der Waals surface area contributed by atoms with Gasteiger partial charge in [0.1, 0.15) is 12.4 Å². The van der Waals surface area contributed by atoms with Gasteiger partial charge in [-0.1, -0.05) is 30.3 Å². The summed E-state index contributed by atoms with van der Waals surface area (Å²) in [6.07, 6.45) is 7.49. The molecule has 3 aromatic rings. The van der Waals surface area contributed by atoms with Crippen molar-refractivity contribution in [1.82, 2.24) is 19.4 Å². The molecular weight excluding hydrogens is 364 g/mol. The summed E-state index contributed by atoms with van der Waals surface area (Å²) in [6.45, 7) is 4.09. The quantitative estimate of drug-likeness (QED) is 0.645. The first-order chi connectivity index (χ1) is 14.2. The van der Waals surface area contributed by atoms with E-state index in [1.54, 1.807) is 6.20 Å². The number of amides is 1. The summed E-state index contributed by atoms with van der Waals surface area (Å²) in [5, 5.41) is 0. The van der Waals surface area contributed by atoms with Crippen molar-refractivity contribution in [3.63, 3.8) is 0 Å². The lowest BCUT2D eigenvalue weighted by atomic mass is 10.0. The van der Waals surface area contributed by atoms with E-state index in [9.17, 15) is 4.79 Å². The minimum atomic E-state index is 0.0475. The Balaban J connectivity index is 1.41. The first-order valence-electron chi connectivity index (χ1n) is 10.1. The monoisotopic (exact) mass is 390 g/mol. The summed E-state index contributed by atoms with van der Waals surface area (Å²) in [7, 11) is 0. The number of aromatic nitrogens is 3. The first-order valence-corrected chi connectivity index (χ1v) is 10.1. The molecule has 6 nitrogen and oxygen atoms in total. The number of imidazole rings is 1. The lowest BCUT2D eigenvalue weighted by Gasteiger charge is -2.34. The van der Waals surface area contributed by atoms with Gasteiger partial charge in [0, 0.05) is 42.9 Å². The van der Waals surface area contributed by atoms with E-state index in [2.05, 4.69) is 21.5 Å². The van der Waals surface area contributed by atoms with Crippen molar-refractivity contribution in [3.05, 3.63) is 72.3 Å². The molecule has 1 fully saturated rings. The molecule has 4 rings (SSSR count). The number of hydrogen-bond acceptors (Lipinski definition) is 4. The Morgan fingerprint density at radius 2 is 2.03 bits per heavy atom. The molecule has 0 aliphatic carbocycles. The molecular formula is C23H26N4O2. The van der Waals surface area contributed by atoms with Gasteiger partial charge in [0.15, 0.2) is 0 Å². The van der Waals surface area contributed by atoms with E-state index >= 15 is 0 Å². The molecule has 1 aliphatic heterocycles. The van der Waals surface area contributed by atoms with E-state index in [1.165, 1.54) is 0 Å². The number of aryl methyl sites for hydroxylation is 1. The Hall–Kier alpha value is -2.99. The average Bonchev–Trinajstić information content (AvgIpc) is 3.16. The lowest BCUT2D eigenvalue weighted by molar-refractivity contribution is -0.138. The van der Waals surface area contributed by atoms with Gasteiger partial charge in [0.25, 0.3) is 0 Å². The van der Waals surface area contributed by atoms with Crippen LogP contribution in [0.3, 0.4) is 0 Å². The largest absolute Gasteiger partial charge is 0.367 e. The molecule has 0 radical (unpaired) electrons. The molecule has 0 spiro atoms. The fourth-order valence-electron chi connectivity index (χ4n) is 3.93. The van der Waals surface area contributed by atoms with Crippen molar-refractivity contribution in [3.8, 4) is 11.4 Å². The number of likely N-dealkylation sites (tertiary alicyclic amines) is 1. The van der Waals surface area contributed by atoms with E-state index in [0.29, 0.717) is 13.2 Å². The first kappa shape index (κ1) is 19.3. The SMILES string of the molecule is Cc1cnc(-c2cccnc2)n1C1CCCN(C(=O)COCc2ccccc2)C1. The molecule has 6 heteroatoms. The average molecular weight is 390 g/mol. The maximum Gasteiger partial charge on any atom is 0.248 e. The fourth-order valence-corrected chi connectivity index (χ4v) is 3.93. The van der Waals surface area contributed by atoms with E-state index in [-0.39, 0.29) is 18.6 Å². The molecule has 2 aromatic heterocycles. The molecule has 1 amide bonds. The second-order valence-electron chi connectivity index (χ2n) is 7.45. The van der Waals surface area contributed by atoms with E-state index in [0.717, 1.165) is 42.0 Å². The van der Waals surface area contributed by atoms with Gasteiger partial charge in [-0.05, 0) is 37.5 Å². The molecule has 3 heterocycles. The van der Waals surface area contributed by atoms with Gasteiger partial charge in [0.2, 0.25) is 5.91 Å². The molecule has 1 atom stereocenters. The molecule has 1 aliphatic rings. The van der Waals surface area contributed by atoms with Gasteiger partial charge < -0.3 is 14.2 Å². The minimum absolute atomic E-state index is 0.0475. The van der Waals surface area contributed by atoms with E-state index in [4.69, 9.17) is 4.74 Å². The van der Waals surface area contributed by atoms with Gasteiger partial charge in [-0.2, -0.15) is 0 Å². The number of carbonyl (C=O) groups excluding carboxylic acids is 1. The zero-order valence-electron chi connectivity index (χ0n) is 16.7. The van der Waals surface area contributed by atoms with Crippen molar-refractivity contribution < 1.29 is 9.53 Å². The highest BCUT2D eigenvalue weighted by Crippen LogP contribution is 2.29. The molecule has 1 aromatic carbocycles. The summed E-state index contributed by atoms with van der Waals surface area (Å²) in [5.74, 6) is 0.960. The summed E-state index contributed by atoms with van der Waals surface area (Å²) in [6, 6.07) is 14.1. The number of pyridine rings is 1. The number of nitrogens with zero attached hydrogens (tertiary/aromatic N) is 4. The Morgan fingerprint density at radius 1 is 1.17 bits per heavy atom. The topological polar surface area (TPSA) is 60.2 Å². The molecule has 150 valence electrons. The van der Waals surface area contributed by atoms with Gasteiger partial charge in [-0.25, -0.2) is 4.98 Å². The zero-order valence-corrected chi connectivity index (χ0v) is 16.7. The molecule has 1 saturated heterocycles. The second-order valence-corrected chi connectivity index (χ2v) is 7.45. The number of carbonyl (C=O) groups is 1. The molecule has 1 unspecified atom stereocenters. The van der Waals surface area contributed by atoms with Gasteiger partial charge in [0.05, 0.1) is 12.6 Å². The summed E-state index contributed by atoms with van der Waals surface area (Å²) < 4.78 is 7.91. The van der Waals surface area contributed by atoms with Crippen molar-refractivity contribution in [1.29, 1.82) is 0 Å². The van der Waals surface area contributed by atoms with Gasteiger partial charge >= 0.3 is 0 Å². The number of hydrogen-bond donors (Lipinski definition) is 0. The highest BCUT2D eigenvalue weighted by Gasteiger charge is 2.27. The van der Waals surface area contributed by atoms with Crippen LogP contribution in [0.15, 0.2) is 61.1 Å². The number of ether oxygens (including phenoxy) is 1. The number of rotatable bonds is 6. The maximum atomic E-state index is 12.7. The molecule has 0 saturated carbocycles. The Labute approximate surface area is 171 Å². The van der Waals surface area contributed by atoms with Gasteiger partial charge in [-0.3, -0.25) is 9.78 Å². The second kappa shape index (κ2) is 9.01. The fraction of sp³-hybridized carbons (Fsp3) is 0.348. The third-order valence-electron chi connectivity index (χ3n) is 5.35. The third kappa shape index (κ3) is 4.54. The molecule has 0 bridgehead atoms. The van der Waals surface area contributed by atoms with Crippen molar-refractivity contribution in [2.24, 2.45) is 0 Å². The molecule has 0 N–H and O–H groups in total. The van der Waals surface area contributed by atoms with Crippen LogP contribution in [-0.4, -0.2) is 45.0 Å². The van der Waals surface area contributed by atoms with Crippen LogP contribution in [0.25, 0.3) is 11.4 Å². The van der Waals surface area contributed by atoms with Crippen molar-refractivity contribution >= 4 is 5.91 Å². The Morgan fingerprint density at radius 3 is 2.83 bits per heavy atom. The van der Waals surface area contributed by atoms with Crippen LogP contribution < -0.4 is 0 Å². The highest BCUT2D eigenvalue weighted by atomic mass is 16.5. The van der Waals surface area contributed by atoms with Crippen LogP contribution in [-0.2, 0) is 16.1 Å². The Kier molecular flexibility index (Phi) is 6.00. The van der Waals surface area contributed by atoms with Crippen LogP contribution in [0.4, 0.5) is 0 Å². The van der Waals surface area contributed by atoms with Crippen LogP contribution in [0, 0.1) is 6.92 Å². The van der Waals surface area contributed by atoms with Crippen LogP contribution >= 0.6 is 0 Å². The predicted octanol–water partition coefficient (Wildman–Crippen LogP) is 3.63. The molecule has 29 heavy (non-hydrogen) atoms. The summed E-state index contributed by atoms with van der Waals surface area (Å²) in [5.41, 5.74) is 3.17. The maximum absolute atomic E-state index is 12.7. The normalized spacial score (nSPS) is 16.7. The number of piperidine rings is 1. The van der Waals surface area contributed by atoms with Crippen molar-refractivity contribution in [2.75, 3.05) is 19.7 Å². The zero-order chi connectivity index (χ0) is 20.1. The minimum Gasteiger partial charge on any atom is -0.367 e. The lowest BCUT2D eigenvalue weighted by Crippen LogP contribution is -2.42. The Bertz CT molecular complexity index is 940.